The van der Waals surface area contributed by atoms with Crippen molar-refractivity contribution >= 4 is 52.1 Å². The number of benzene rings is 1. The molecule has 1 aromatic rings. The van der Waals surface area contributed by atoms with Gasteiger partial charge in [-0.15, -0.1) is 0 Å². The highest BCUT2D eigenvalue weighted by Gasteiger charge is 2.40. The molecule has 2 aliphatic carbocycles. The van der Waals surface area contributed by atoms with E-state index in [1.807, 2.05) is 41.5 Å². The van der Waals surface area contributed by atoms with Gasteiger partial charge in [0.25, 0.3) is 0 Å². The first-order chi connectivity index (χ1) is 22.8. The molecule has 3 rings (SSSR count). The minimum atomic E-state index is -0.728. The molecule has 0 saturated heterocycles. The maximum atomic E-state index is 14.0. The van der Waals surface area contributed by atoms with Crippen molar-refractivity contribution in [1.82, 2.24) is 16.3 Å². The molecule has 4 amide bonds. The monoisotopic (exact) mass is 665 g/mol. The van der Waals surface area contributed by atoms with Gasteiger partial charge in [0.05, 0.1) is 22.5 Å². The van der Waals surface area contributed by atoms with Crippen LogP contribution in [0.5, 0.6) is 0 Å². The molecule has 0 radical (unpaired) electrons. The number of carbonyl (C=O) groups is 5. The lowest BCUT2D eigenvalue weighted by atomic mass is 9.77. The minimum Gasteiger partial charge on any atom is -0.506 e. The zero-order chi connectivity index (χ0) is 35.7. The Morgan fingerprint density at radius 1 is 0.771 bits per heavy atom. The van der Waals surface area contributed by atoms with E-state index in [4.69, 9.17) is 10.4 Å². The number of hydroxylamine groups is 2. The van der Waals surface area contributed by atoms with Crippen LogP contribution in [0.2, 0.25) is 0 Å². The number of anilines is 2. The number of hydrogen-bond acceptors (Lipinski definition) is 9. The summed E-state index contributed by atoms with van der Waals surface area (Å²) < 4.78 is 2.07. The molecule has 2 aliphatic rings. The van der Waals surface area contributed by atoms with Crippen LogP contribution in [0.1, 0.15) is 71.4 Å². The fourth-order valence-corrected chi connectivity index (χ4v) is 5.72. The Morgan fingerprint density at radius 3 is 1.81 bits per heavy atom. The molecule has 1 aromatic carbocycles. The zero-order valence-corrected chi connectivity index (χ0v) is 28.2. The molecule has 0 fully saturated rings. The molecule has 0 atom stereocenters. The van der Waals surface area contributed by atoms with Crippen LogP contribution in [-0.2, 0) is 24.0 Å². The van der Waals surface area contributed by atoms with Gasteiger partial charge in [-0.05, 0) is 65.3 Å². The molecule has 48 heavy (non-hydrogen) atoms. The lowest BCUT2D eigenvalue weighted by molar-refractivity contribution is -0.519. The largest absolute Gasteiger partial charge is 0.506 e. The average Bonchev–Trinajstić information content (AvgIpc) is 3.07. The number of hydrogen-bond donors (Lipinski definition) is 7. The third-order valence-electron chi connectivity index (χ3n) is 8.30. The first-order valence-electron chi connectivity index (χ1n) is 16.0. The van der Waals surface area contributed by atoms with Crippen molar-refractivity contribution in [3.05, 3.63) is 63.6 Å². The summed E-state index contributed by atoms with van der Waals surface area (Å²) in [5.41, 5.74) is 7.24. The third kappa shape index (κ3) is 8.25. The molecule has 0 spiro atoms. The van der Waals surface area contributed by atoms with E-state index in [1.165, 1.54) is 11.0 Å². The van der Waals surface area contributed by atoms with E-state index < -0.39 is 29.4 Å². The number of Topliss-reactive ketones (excluding diaryl/α,β-unsaturated/α-hetero) is 1. The number of aliphatic hydroxyl groups is 1. The predicted octanol–water partition coefficient (Wildman–Crippen LogP) is 2.95. The Kier molecular flexibility index (Phi) is 13.0. The molecule has 0 unspecified atom stereocenters. The molecule has 0 saturated carbocycles. The number of nitrogens with zero attached hydrogens (tertiary/aromatic N) is 2. The Bertz CT molecular complexity index is 1660. The molecule has 0 heterocycles. The number of rotatable bonds is 14. The van der Waals surface area contributed by atoms with E-state index in [9.17, 15) is 29.1 Å². The highest BCUT2D eigenvalue weighted by atomic mass is 16.5. The third-order valence-corrected chi connectivity index (χ3v) is 8.30. The van der Waals surface area contributed by atoms with Gasteiger partial charge in [-0.25, -0.2) is 15.5 Å². The Balaban J connectivity index is 2.17. The van der Waals surface area contributed by atoms with Crippen LogP contribution < -0.4 is 26.5 Å². The topological polar surface area (TPSA) is 200 Å². The smallest absolute Gasteiger partial charge is 0.243 e. The summed E-state index contributed by atoms with van der Waals surface area (Å²) in [6.45, 7) is 14.4. The van der Waals surface area contributed by atoms with Crippen molar-refractivity contribution in [3.63, 3.8) is 0 Å². The highest BCUT2D eigenvalue weighted by molar-refractivity contribution is 6.40. The summed E-state index contributed by atoms with van der Waals surface area (Å²) in [5.74, 6) is -3.36. The van der Waals surface area contributed by atoms with Gasteiger partial charge in [0.2, 0.25) is 35.1 Å². The standard InChI is InChI=1S/C34H44N6O8/c1-7-39(8-2)25-17-23(35-27(41)11-13-29(43)37-47)21(15-19(25)5)31-33(45)32(34(31)46)22-16-20(6)26(40(9-3)10-4)18-24(22)36-28(42)12-14-30(44)38-48/h15-18H,7-14H2,1-6H3,(H6,35,36,37,38,41,42,43,44,45,46,47,48)/p+1. The van der Waals surface area contributed by atoms with Crippen molar-refractivity contribution < 1.29 is 44.1 Å². The van der Waals surface area contributed by atoms with Gasteiger partial charge in [-0.3, -0.25) is 34.4 Å². The van der Waals surface area contributed by atoms with Crippen molar-refractivity contribution in [2.24, 2.45) is 0 Å². The number of amides is 4. The van der Waals surface area contributed by atoms with Crippen LogP contribution in [0.3, 0.4) is 0 Å². The van der Waals surface area contributed by atoms with Crippen molar-refractivity contribution in [3.8, 4) is 0 Å². The summed E-state index contributed by atoms with van der Waals surface area (Å²) in [6, 6.07) is 3.44. The summed E-state index contributed by atoms with van der Waals surface area (Å²) in [7, 11) is 0. The van der Waals surface area contributed by atoms with Gasteiger partial charge in [-0.2, -0.15) is 0 Å². The average molecular weight is 666 g/mol. The number of aryl methyl sites for hydroxylation is 1. The number of ketones is 1. The van der Waals surface area contributed by atoms with Crippen LogP contribution in [0.25, 0.3) is 5.57 Å². The van der Waals surface area contributed by atoms with Crippen molar-refractivity contribution in [2.75, 3.05) is 36.4 Å². The molecule has 14 heteroatoms. The second kappa shape index (κ2) is 16.7. The summed E-state index contributed by atoms with van der Waals surface area (Å²) in [5, 5.41) is 34.7. The maximum absolute atomic E-state index is 14.0. The fourth-order valence-electron chi connectivity index (χ4n) is 5.72. The summed E-state index contributed by atoms with van der Waals surface area (Å²) >= 11 is 0. The molecule has 7 N–H and O–H groups in total. The fraction of sp³-hybridized carbons (Fsp3) is 0.412. The summed E-state index contributed by atoms with van der Waals surface area (Å²) in [4.78, 5) is 64.8. The molecule has 0 aromatic heterocycles. The molecule has 14 nitrogen and oxygen atoms in total. The molecule has 0 bridgehead atoms. The van der Waals surface area contributed by atoms with Crippen LogP contribution in [0.15, 0.2) is 52.5 Å². The second-order valence-corrected chi connectivity index (χ2v) is 11.3. The number of nitrogens with one attached hydrogen (secondary N) is 4. The minimum absolute atomic E-state index is 0.0232. The van der Waals surface area contributed by atoms with Gasteiger partial charge in [0.1, 0.15) is 18.8 Å². The van der Waals surface area contributed by atoms with E-state index in [1.54, 1.807) is 24.3 Å². The number of allylic oxidation sites excluding steroid dienone is 5. The predicted molar refractivity (Wildman–Crippen MR) is 180 cm³/mol. The van der Waals surface area contributed by atoms with E-state index in [0.29, 0.717) is 26.2 Å². The van der Waals surface area contributed by atoms with Gasteiger partial charge in [0, 0.05) is 67.2 Å². The van der Waals surface area contributed by atoms with E-state index in [2.05, 4.69) is 20.1 Å². The summed E-state index contributed by atoms with van der Waals surface area (Å²) in [6.07, 6.45) is 2.44. The van der Waals surface area contributed by atoms with Crippen molar-refractivity contribution in [2.45, 2.75) is 67.2 Å². The molecule has 0 aliphatic heterocycles. The zero-order valence-electron chi connectivity index (χ0n) is 28.2. The number of aliphatic hydroxyl groups excluding tert-OH is 1. The molecule has 258 valence electrons. The van der Waals surface area contributed by atoms with E-state index >= 15 is 0 Å². The lowest BCUT2D eigenvalue weighted by Gasteiger charge is -2.29. The SMILES string of the molecule is CCN(CC)c1cc(NC(=O)CCC(=O)NO)c(C2=C(O)/C(=C3/C=C(C)C(=[N+](CC)CC)C=C3NC(=O)CCC(=O)NO)C2=O)cc1C. The molecular formula is C34H45N6O8+. The quantitative estimate of drug-likeness (QED) is 0.0675. The van der Waals surface area contributed by atoms with Gasteiger partial charge in [0.15, 0.2) is 0 Å². The van der Waals surface area contributed by atoms with Crippen LogP contribution in [-0.4, -0.2) is 81.4 Å². The number of carbonyl (C=O) groups excluding carboxylic acids is 5. The van der Waals surface area contributed by atoms with Gasteiger partial charge < -0.3 is 20.6 Å². The van der Waals surface area contributed by atoms with Gasteiger partial charge in [-0.1, -0.05) is 0 Å². The van der Waals surface area contributed by atoms with Gasteiger partial charge >= 0.3 is 0 Å². The molecular weight excluding hydrogens is 620 g/mol. The van der Waals surface area contributed by atoms with Crippen LogP contribution in [0, 0.1) is 6.92 Å². The van der Waals surface area contributed by atoms with Crippen LogP contribution >= 0.6 is 0 Å². The maximum Gasteiger partial charge on any atom is 0.243 e. The Morgan fingerprint density at radius 2 is 1.31 bits per heavy atom. The first kappa shape index (κ1) is 37.4. The van der Waals surface area contributed by atoms with E-state index in [-0.39, 0.29) is 65.1 Å². The lowest BCUT2D eigenvalue weighted by Crippen LogP contribution is -2.33. The normalized spacial score (nSPS) is 15.7. The van der Waals surface area contributed by atoms with Crippen LogP contribution in [0.4, 0.5) is 11.4 Å². The Hall–Kier alpha value is -5.08. The van der Waals surface area contributed by atoms with E-state index in [0.717, 1.165) is 22.5 Å². The van der Waals surface area contributed by atoms with Crippen molar-refractivity contribution in [1.29, 1.82) is 0 Å². The second-order valence-electron chi connectivity index (χ2n) is 11.3. The highest BCUT2D eigenvalue weighted by Crippen LogP contribution is 2.44. The Labute approximate surface area is 279 Å². The first-order valence-corrected chi connectivity index (χ1v) is 16.0.